The maximum Gasteiger partial charge on any atom is 0.272 e. The summed E-state index contributed by atoms with van der Waals surface area (Å²) in [6, 6.07) is 8.10. The molecule has 330 valence electrons. The van der Waals surface area contributed by atoms with Gasteiger partial charge >= 0.3 is 0 Å². The molecule has 0 aromatic heterocycles. The zero-order valence-corrected chi connectivity index (χ0v) is 34.7. The van der Waals surface area contributed by atoms with Crippen LogP contribution in [0.5, 0.6) is 17.2 Å². The number of nitrogens with zero attached hydrogens (tertiary/aromatic N) is 3. The number of morpholine rings is 1. The summed E-state index contributed by atoms with van der Waals surface area (Å²) in [6.07, 6.45) is -3.26. The topological polar surface area (TPSA) is 264 Å². The number of nitrogens with one attached hydrogen (secondary N) is 1. The van der Waals surface area contributed by atoms with E-state index in [-0.39, 0.29) is 69.6 Å². The Morgan fingerprint density at radius 2 is 1.73 bits per heavy atom. The molecule has 3 aromatic rings. The van der Waals surface area contributed by atoms with Gasteiger partial charge in [-0.3, -0.25) is 24.0 Å². The zero-order chi connectivity index (χ0) is 45.1. The summed E-state index contributed by atoms with van der Waals surface area (Å²) in [6.45, 7) is 1.54. The molecule has 19 nitrogen and oxygen atoms in total. The van der Waals surface area contributed by atoms with Gasteiger partial charge in [0.15, 0.2) is 18.4 Å². The van der Waals surface area contributed by atoms with E-state index in [4.69, 9.17) is 35.3 Å². The Balaban J connectivity index is 1.17. The lowest BCUT2D eigenvalue weighted by atomic mass is 9.71. The van der Waals surface area contributed by atoms with Crippen molar-refractivity contribution in [3.63, 3.8) is 0 Å². The number of hydrazone groups is 1. The van der Waals surface area contributed by atoms with Crippen LogP contribution in [0.3, 0.4) is 0 Å². The van der Waals surface area contributed by atoms with Crippen LogP contribution < -0.4 is 15.1 Å². The summed E-state index contributed by atoms with van der Waals surface area (Å²) in [5.41, 5.74) is -1.82. The number of methoxy groups -OCH3 is 2. The van der Waals surface area contributed by atoms with Crippen molar-refractivity contribution in [2.75, 3.05) is 45.4 Å². The van der Waals surface area contributed by atoms with Gasteiger partial charge in [-0.05, 0) is 31.2 Å². The number of aromatic hydroxyl groups is 2. The number of benzene rings is 3. The molecule has 5 atom stereocenters. The first-order valence-electron chi connectivity index (χ1n) is 19.7. The number of phenolic OH excluding ortho intramolecular Hbond substituents is 2. The van der Waals surface area contributed by atoms with Crippen LogP contribution in [0.1, 0.15) is 79.2 Å². The summed E-state index contributed by atoms with van der Waals surface area (Å²) in [4.78, 5) is 68.8. The normalized spacial score (nSPS) is 24.7. The van der Waals surface area contributed by atoms with Crippen molar-refractivity contribution in [2.24, 2.45) is 5.10 Å². The van der Waals surface area contributed by atoms with Crippen molar-refractivity contribution in [3.05, 3.63) is 104 Å². The van der Waals surface area contributed by atoms with Gasteiger partial charge in [0.25, 0.3) is 17.7 Å². The molecule has 0 spiro atoms. The van der Waals surface area contributed by atoms with E-state index in [1.165, 1.54) is 50.6 Å². The Hall–Kier alpha value is -6.19. The largest absolute Gasteiger partial charge is 0.508 e. The van der Waals surface area contributed by atoms with E-state index in [1.54, 1.807) is 6.92 Å². The van der Waals surface area contributed by atoms with Gasteiger partial charge in [-0.2, -0.15) is 5.10 Å². The molecule has 20 heteroatoms. The van der Waals surface area contributed by atoms with Crippen molar-refractivity contribution < 1.29 is 73.2 Å². The second-order valence-corrected chi connectivity index (χ2v) is 15.7. The number of halogens is 1. The molecule has 1 saturated heterocycles. The first kappa shape index (κ1) is 43.5. The molecule has 3 aliphatic heterocycles. The number of anilines is 1. The van der Waals surface area contributed by atoms with E-state index in [9.17, 15) is 49.5 Å². The molecule has 2 aliphatic carbocycles. The second-order valence-electron chi connectivity index (χ2n) is 15.3. The number of ketones is 2. The van der Waals surface area contributed by atoms with E-state index < -0.39 is 107 Å². The predicted molar refractivity (Wildman–Crippen MR) is 219 cm³/mol. The molecule has 0 radical (unpaired) electrons. The molecule has 0 bridgehead atoms. The quantitative estimate of drug-likeness (QED) is 0.0579. The number of hydrogen-bond acceptors (Lipinski definition) is 17. The summed E-state index contributed by atoms with van der Waals surface area (Å²) in [7, 11) is 2.79. The highest BCUT2D eigenvalue weighted by atomic mass is 35.5. The lowest BCUT2D eigenvalue weighted by Gasteiger charge is -2.43. The number of phenols is 2. The standard InChI is InChI=1S/C43H41ClN4O15/c1-19-37(52)25(47-11-12-61-32(17-47)60-3)14-31(62-19)63-27-16-43(58,28(18-49)45-46-42(57)21-8-7-20(13-24(21)44)48-29(50)9-10-30(48)51)15-23-34(27)41(56)36-35(39(23)54)38(53)22-5-4-6-26(59-2)33(22)40(36)55/h4-10,13,19,27,31-32,49,52,54,56,58H,11-12,14-18H2,1-3H3,(H,46,57)/b45-28+/t19-,27-,31-,32+,43-/m0/s1. The van der Waals surface area contributed by atoms with Crippen molar-refractivity contribution in [1.29, 1.82) is 0 Å². The van der Waals surface area contributed by atoms with Gasteiger partial charge in [-0.1, -0.05) is 23.7 Å². The van der Waals surface area contributed by atoms with Crippen LogP contribution in [0.2, 0.25) is 5.02 Å². The molecule has 63 heavy (non-hydrogen) atoms. The number of carbonyl (C=O) groups is 5. The minimum Gasteiger partial charge on any atom is -0.508 e. The van der Waals surface area contributed by atoms with Gasteiger partial charge < -0.3 is 54.1 Å². The van der Waals surface area contributed by atoms with Gasteiger partial charge in [0, 0.05) is 61.8 Å². The summed E-state index contributed by atoms with van der Waals surface area (Å²) >= 11 is 6.40. The van der Waals surface area contributed by atoms with E-state index in [0.29, 0.717) is 12.2 Å². The average Bonchev–Trinajstić information content (AvgIpc) is 3.61. The number of hydrogen-bond donors (Lipinski definition) is 6. The number of ether oxygens (including phenoxy) is 5. The highest BCUT2D eigenvalue weighted by molar-refractivity contribution is 6.35. The highest BCUT2D eigenvalue weighted by Gasteiger charge is 2.50. The van der Waals surface area contributed by atoms with Crippen molar-refractivity contribution in [1.82, 2.24) is 10.3 Å². The average molecular weight is 889 g/mol. The van der Waals surface area contributed by atoms with E-state index in [0.717, 1.165) is 17.1 Å². The molecular formula is C43H41ClN4O15. The highest BCUT2D eigenvalue weighted by Crippen LogP contribution is 2.53. The van der Waals surface area contributed by atoms with Gasteiger partial charge in [-0.15, -0.1) is 0 Å². The fourth-order valence-corrected chi connectivity index (χ4v) is 8.86. The molecule has 3 aromatic carbocycles. The minimum atomic E-state index is -2.30. The number of fused-ring (bicyclic) bond motifs is 3. The van der Waals surface area contributed by atoms with Crippen LogP contribution in [0.15, 0.2) is 65.1 Å². The number of carbonyl (C=O) groups excluding carboxylic acids is 5. The van der Waals surface area contributed by atoms with E-state index >= 15 is 0 Å². The third-order valence-electron chi connectivity index (χ3n) is 11.7. The summed E-state index contributed by atoms with van der Waals surface area (Å²) < 4.78 is 28.9. The second kappa shape index (κ2) is 16.8. The maximum atomic E-state index is 14.2. The molecule has 3 heterocycles. The maximum absolute atomic E-state index is 14.2. The van der Waals surface area contributed by atoms with E-state index in [2.05, 4.69) is 10.5 Å². The first-order valence-corrected chi connectivity index (χ1v) is 20.0. The molecule has 5 aliphatic rings. The fraction of sp³-hybridized carbons (Fsp3) is 0.349. The first-order chi connectivity index (χ1) is 30.1. The number of aliphatic hydroxyl groups excluding tert-OH is 2. The van der Waals surface area contributed by atoms with Crippen LogP contribution in [-0.2, 0) is 35.0 Å². The zero-order valence-electron chi connectivity index (χ0n) is 33.9. The summed E-state index contributed by atoms with van der Waals surface area (Å²) in [5.74, 6) is -5.28. The monoisotopic (exact) mass is 888 g/mol. The molecule has 3 amide bonds. The van der Waals surface area contributed by atoms with Crippen LogP contribution in [0, 0.1) is 0 Å². The molecule has 0 saturated carbocycles. The molecule has 0 unspecified atom stereocenters. The lowest BCUT2D eigenvalue weighted by Crippen LogP contribution is -2.49. The molecular weight excluding hydrogens is 848 g/mol. The van der Waals surface area contributed by atoms with Gasteiger partial charge in [0.1, 0.15) is 34.7 Å². The van der Waals surface area contributed by atoms with Gasteiger partial charge in [0.05, 0.1) is 77.3 Å². The number of imide groups is 1. The fourth-order valence-electron chi connectivity index (χ4n) is 8.60. The predicted octanol–water partition coefficient (Wildman–Crippen LogP) is 2.69. The van der Waals surface area contributed by atoms with Crippen LogP contribution in [-0.4, -0.2) is 130 Å². The number of rotatable bonds is 10. The third kappa shape index (κ3) is 7.50. The van der Waals surface area contributed by atoms with Crippen LogP contribution in [0.25, 0.3) is 0 Å². The van der Waals surface area contributed by atoms with Crippen LogP contribution >= 0.6 is 11.6 Å². The Morgan fingerprint density at radius 1 is 1.00 bits per heavy atom. The van der Waals surface area contributed by atoms with Crippen LogP contribution in [0.4, 0.5) is 5.69 Å². The third-order valence-corrected chi connectivity index (χ3v) is 12.0. The van der Waals surface area contributed by atoms with Gasteiger partial charge in [-0.25, -0.2) is 10.3 Å². The molecule has 8 rings (SSSR count). The minimum absolute atomic E-state index is 0.0509. The number of aliphatic hydroxyl groups is 3. The van der Waals surface area contributed by atoms with Crippen molar-refractivity contribution in [3.8, 4) is 17.2 Å². The van der Waals surface area contributed by atoms with Gasteiger partial charge in [0.2, 0.25) is 5.78 Å². The Bertz CT molecular complexity index is 2560. The smallest absolute Gasteiger partial charge is 0.272 e. The van der Waals surface area contributed by atoms with Crippen molar-refractivity contribution >= 4 is 52.3 Å². The molecule has 1 fully saturated rings. The van der Waals surface area contributed by atoms with E-state index in [1.807, 2.05) is 4.90 Å². The lowest BCUT2D eigenvalue weighted by molar-refractivity contribution is -0.213. The van der Waals surface area contributed by atoms with Crippen molar-refractivity contribution in [2.45, 2.75) is 56.6 Å². The number of amides is 3. The Labute approximate surface area is 363 Å². The molecule has 6 N–H and O–H groups in total. The Kier molecular flexibility index (Phi) is 11.6. The Morgan fingerprint density at radius 3 is 2.41 bits per heavy atom. The SMILES string of the molecule is COc1cccc2c1C(=O)c1c(O)c3c(c(O)c1C2=O)C[C@@](O)(/C(CO)=N/NC(=O)c1ccc(N2C(=O)C=CC2=O)cc1Cl)C[C@@H]3O[C@H]1CC(N2CCO[C@@H](OC)C2)=C(O)[C@H](C)O1. The summed E-state index contributed by atoms with van der Waals surface area (Å²) in [5, 5.41) is 62.3.